The normalized spacial score (nSPS) is 28.4. The monoisotopic (exact) mass is 260 g/mol. The Balaban J connectivity index is 0.00000144. The summed E-state index contributed by atoms with van der Waals surface area (Å²) >= 11 is 0. The van der Waals surface area contributed by atoms with E-state index >= 15 is 0 Å². The predicted molar refractivity (Wildman–Crippen MR) is 72.2 cm³/mol. The van der Waals surface area contributed by atoms with E-state index in [0.29, 0.717) is 5.92 Å². The first-order valence-corrected chi connectivity index (χ1v) is 6.70. The van der Waals surface area contributed by atoms with E-state index in [4.69, 9.17) is 5.73 Å². The molecule has 1 aliphatic carbocycles. The van der Waals surface area contributed by atoms with Crippen molar-refractivity contribution < 1.29 is 4.79 Å². The van der Waals surface area contributed by atoms with Crippen molar-refractivity contribution in [1.82, 2.24) is 4.90 Å². The molecule has 1 saturated heterocycles. The van der Waals surface area contributed by atoms with Gasteiger partial charge in [-0.05, 0) is 31.6 Å². The summed E-state index contributed by atoms with van der Waals surface area (Å²) in [5.41, 5.74) is 5.76. The fourth-order valence-corrected chi connectivity index (χ4v) is 3.09. The quantitative estimate of drug-likeness (QED) is 0.787. The van der Waals surface area contributed by atoms with Crippen LogP contribution in [0.2, 0.25) is 0 Å². The lowest BCUT2D eigenvalue weighted by atomic mass is 9.81. The smallest absolute Gasteiger partial charge is 0.242 e. The number of halogens is 1. The van der Waals surface area contributed by atoms with Gasteiger partial charge in [-0.1, -0.05) is 26.2 Å². The Bertz CT molecular complexity index is 264. The van der Waals surface area contributed by atoms with E-state index in [1.54, 1.807) is 0 Å². The Morgan fingerprint density at radius 3 is 2.47 bits per heavy atom. The minimum absolute atomic E-state index is 0. The van der Waals surface area contributed by atoms with Gasteiger partial charge in [0.15, 0.2) is 0 Å². The third-order valence-corrected chi connectivity index (χ3v) is 4.12. The second-order valence-electron chi connectivity index (χ2n) is 5.72. The number of hydrogen-bond acceptors (Lipinski definition) is 2. The first-order chi connectivity index (χ1) is 7.62. The number of nitrogens with two attached hydrogens (primary N) is 1. The van der Waals surface area contributed by atoms with Gasteiger partial charge in [-0.3, -0.25) is 4.79 Å². The second kappa shape index (κ2) is 6.05. The fraction of sp³-hybridized carbons (Fsp3) is 0.923. The molecule has 0 bridgehead atoms. The third-order valence-electron chi connectivity index (χ3n) is 4.12. The van der Waals surface area contributed by atoms with Gasteiger partial charge in [-0.2, -0.15) is 0 Å². The van der Waals surface area contributed by atoms with Crippen LogP contribution in [-0.2, 0) is 4.79 Å². The summed E-state index contributed by atoms with van der Waals surface area (Å²) in [6.45, 7) is 4.06. The van der Waals surface area contributed by atoms with Crippen molar-refractivity contribution in [2.45, 2.75) is 57.4 Å². The number of amides is 1. The lowest BCUT2D eigenvalue weighted by Gasteiger charge is -2.39. The number of piperidine rings is 1. The van der Waals surface area contributed by atoms with Crippen LogP contribution in [0.5, 0.6) is 0 Å². The second-order valence-corrected chi connectivity index (χ2v) is 5.72. The molecule has 17 heavy (non-hydrogen) atoms. The maximum absolute atomic E-state index is 12.4. The van der Waals surface area contributed by atoms with Crippen molar-refractivity contribution in [2.24, 2.45) is 11.7 Å². The van der Waals surface area contributed by atoms with E-state index in [1.807, 2.05) is 4.90 Å². The molecule has 2 rings (SSSR count). The number of rotatable bonds is 1. The minimum atomic E-state index is -0.532. The highest BCUT2D eigenvalue weighted by atomic mass is 35.5. The van der Waals surface area contributed by atoms with Crippen molar-refractivity contribution >= 4 is 18.3 Å². The first-order valence-electron chi connectivity index (χ1n) is 6.70. The zero-order valence-corrected chi connectivity index (χ0v) is 11.6. The summed E-state index contributed by atoms with van der Waals surface area (Å²) in [6.07, 6.45) is 7.64. The van der Waals surface area contributed by atoms with Gasteiger partial charge in [0, 0.05) is 13.1 Å². The molecule has 0 spiro atoms. The summed E-state index contributed by atoms with van der Waals surface area (Å²) in [7, 11) is 0. The lowest BCUT2D eigenvalue weighted by Crippen LogP contribution is -2.57. The van der Waals surface area contributed by atoms with Gasteiger partial charge in [0.1, 0.15) is 0 Å². The summed E-state index contributed by atoms with van der Waals surface area (Å²) in [4.78, 5) is 14.4. The number of carbonyl (C=O) groups excluding carboxylic acids is 1. The molecule has 2 fully saturated rings. The zero-order valence-electron chi connectivity index (χ0n) is 10.8. The van der Waals surface area contributed by atoms with Crippen LogP contribution in [0.4, 0.5) is 0 Å². The molecule has 1 unspecified atom stereocenters. The Hall–Kier alpha value is -0.280. The molecule has 0 aromatic carbocycles. The number of nitrogens with zero attached hydrogens (tertiary/aromatic N) is 1. The summed E-state index contributed by atoms with van der Waals surface area (Å²) in [6, 6.07) is 0. The molecule has 1 heterocycles. The highest BCUT2D eigenvalue weighted by Crippen LogP contribution is 2.29. The minimum Gasteiger partial charge on any atom is -0.341 e. The third kappa shape index (κ3) is 3.35. The molecule has 1 atom stereocenters. The van der Waals surface area contributed by atoms with Crippen LogP contribution < -0.4 is 5.73 Å². The van der Waals surface area contributed by atoms with E-state index in [2.05, 4.69) is 6.92 Å². The molecule has 1 aliphatic heterocycles. The van der Waals surface area contributed by atoms with Crippen molar-refractivity contribution in [2.75, 3.05) is 13.1 Å². The molecule has 2 N–H and O–H groups in total. The molecule has 100 valence electrons. The van der Waals surface area contributed by atoms with Gasteiger partial charge in [-0.15, -0.1) is 12.4 Å². The Kier molecular flexibility index (Phi) is 5.26. The first kappa shape index (κ1) is 14.8. The van der Waals surface area contributed by atoms with Crippen molar-refractivity contribution in [3.05, 3.63) is 0 Å². The van der Waals surface area contributed by atoms with Gasteiger partial charge < -0.3 is 10.6 Å². The van der Waals surface area contributed by atoms with Crippen molar-refractivity contribution in [3.63, 3.8) is 0 Å². The average molecular weight is 261 g/mol. The van der Waals surface area contributed by atoms with E-state index in [9.17, 15) is 4.79 Å². The number of carbonyl (C=O) groups is 1. The van der Waals surface area contributed by atoms with E-state index in [0.717, 1.165) is 45.2 Å². The van der Waals surface area contributed by atoms with Crippen LogP contribution in [0.25, 0.3) is 0 Å². The summed E-state index contributed by atoms with van der Waals surface area (Å²) in [5.74, 6) is 0.864. The largest absolute Gasteiger partial charge is 0.341 e. The highest BCUT2D eigenvalue weighted by Gasteiger charge is 2.39. The molecule has 2 aliphatic rings. The van der Waals surface area contributed by atoms with Gasteiger partial charge in [0.05, 0.1) is 5.54 Å². The van der Waals surface area contributed by atoms with Crippen LogP contribution >= 0.6 is 12.4 Å². The van der Waals surface area contributed by atoms with Gasteiger partial charge in [-0.25, -0.2) is 0 Å². The van der Waals surface area contributed by atoms with Crippen molar-refractivity contribution in [3.8, 4) is 0 Å². The average Bonchev–Trinajstić information content (AvgIpc) is 2.29. The molecule has 3 nitrogen and oxygen atoms in total. The van der Waals surface area contributed by atoms with Crippen LogP contribution in [-0.4, -0.2) is 29.4 Å². The Morgan fingerprint density at radius 2 is 1.88 bits per heavy atom. The number of hydrogen-bond donors (Lipinski definition) is 1. The van der Waals surface area contributed by atoms with Crippen LogP contribution in [0.1, 0.15) is 51.9 Å². The maximum atomic E-state index is 12.4. The SMILES string of the molecule is CC1CCCN(C(=O)C2(N)CCCCC2)C1.Cl. The summed E-state index contributed by atoms with van der Waals surface area (Å²) in [5, 5.41) is 0. The van der Waals surface area contributed by atoms with Crippen LogP contribution in [0, 0.1) is 5.92 Å². The predicted octanol–water partition coefficient (Wildman–Crippen LogP) is 2.33. The fourth-order valence-electron chi connectivity index (χ4n) is 3.09. The van der Waals surface area contributed by atoms with Gasteiger partial charge >= 0.3 is 0 Å². The molecule has 4 heteroatoms. The topological polar surface area (TPSA) is 46.3 Å². The highest BCUT2D eigenvalue weighted by molar-refractivity contribution is 5.86. The number of likely N-dealkylation sites (tertiary alicyclic amines) is 1. The van der Waals surface area contributed by atoms with Crippen LogP contribution in [0.3, 0.4) is 0 Å². The van der Waals surface area contributed by atoms with Crippen LogP contribution in [0.15, 0.2) is 0 Å². The molecular formula is C13H25ClN2O. The van der Waals surface area contributed by atoms with E-state index in [-0.39, 0.29) is 18.3 Å². The Labute approximate surface area is 111 Å². The van der Waals surface area contributed by atoms with E-state index in [1.165, 1.54) is 12.8 Å². The van der Waals surface area contributed by atoms with E-state index < -0.39 is 5.54 Å². The standard InChI is InChI=1S/C13H24N2O.ClH/c1-11-6-5-9-15(10-11)12(16)13(14)7-3-2-4-8-13;/h11H,2-10,14H2,1H3;1H. The lowest BCUT2D eigenvalue weighted by molar-refractivity contribution is -0.140. The molecule has 0 aromatic heterocycles. The van der Waals surface area contributed by atoms with Gasteiger partial charge in [0.2, 0.25) is 5.91 Å². The zero-order chi connectivity index (χ0) is 11.6. The molecule has 0 radical (unpaired) electrons. The molecule has 1 amide bonds. The molecule has 0 aromatic rings. The Morgan fingerprint density at radius 1 is 1.24 bits per heavy atom. The van der Waals surface area contributed by atoms with Crippen molar-refractivity contribution in [1.29, 1.82) is 0 Å². The molecular weight excluding hydrogens is 236 g/mol. The maximum Gasteiger partial charge on any atom is 0.242 e. The molecule has 1 saturated carbocycles. The summed E-state index contributed by atoms with van der Waals surface area (Å²) < 4.78 is 0. The van der Waals surface area contributed by atoms with Gasteiger partial charge in [0.25, 0.3) is 0 Å².